The number of amides is 1. The molecule has 1 aliphatic heterocycles. The molecule has 4 nitrogen and oxygen atoms in total. The maximum Gasteiger partial charge on any atom is 0.228 e. The van der Waals surface area contributed by atoms with Gasteiger partial charge in [-0.15, -0.1) is 0 Å². The van der Waals surface area contributed by atoms with Gasteiger partial charge in [-0.1, -0.05) is 22.0 Å². The molecule has 118 valence electrons. The number of carbonyl (C=O) groups excluding carboxylic acids is 1. The van der Waals surface area contributed by atoms with Crippen LogP contribution in [0.3, 0.4) is 0 Å². The highest BCUT2D eigenvalue weighted by atomic mass is 79.9. The van der Waals surface area contributed by atoms with Crippen molar-refractivity contribution in [1.82, 2.24) is 0 Å². The summed E-state index contributed by atoms with van der Waals surface area (Å²) in [5.74, 6) is 1.94. The van der Waals surface area contributed by atoms with Crippen LogP contribution in [0.1, 0.15) is 17.9 Å². The van der Waals surface area contributed by atoms with E-state index in [-0.39, 0.29) is 17.7 Å². The minimum atomic E-state index is 0.0289. The normalized spacial score (nSPS) is 21.6. The first-order chi connectivity index (χ1) is 11.2. The number of fused-ring (bicyclic) bond motifs is 1. The minimum absolute atomic E-state index is 0.0289. The third kappa shape index (κ3) is 3.06. The van der Waals surface area contributed by atoms with Crippen LogP contribution in [0.25, 0.3) is 0 Å². The average Bonchev–Trinajstić information content (AvgIpc) is 3.37. The molecule has 0 spiro atoms. The highest BCUT2D eigenvalue weighted by molar-refractivity contribution is 9.10. The molecule has 1 aliphatic carbocycles. The van der Waals surface area contributed by atoms with Gasteiger partial charge >= 0.3 is 0 Å². The van der Waals surface area contributed by atoms with E-state index in [2.05, 4.69) is 21.2 Å². The van der Waals surface area contributed by atoms with Gasteiger partial charge < -0.3 is 14.8 Å². The largest absolute Gasteiger partial charge is 0.486 e. The number of hydrogen-bond donors (Lipinski definition) is 1. The summed E-state index contributed by atoms with van der Waals surface area (Å²) < 4.78 is 12.1. The number of halogens is 1. The lowest BCUT2D eigenvalue weighted by Crippen LogP contribution is -2.16. The number of anilines is 1. The lowest BCUT2D eigenvalue weighted by atomic mass is 10.1. The van der Waals surface area contributed by atoms with Gasteiger partial charge in [-0.25, -0.2) is 0 Å². The molecular formula is C18H16BrNO3. The molecule has 2 aromatic carbocycles. The zero-order chi connectivity index (χ0) is 15.8. The van der Waals surface area contributed by atoms with Gasteiger partial charge in [-0.2, -0.15) is 0 Å². The predicted molar refractivity (Wildman–Crippen MR) is 91.1 cm³/mol. The lowest BCUT2D eigenvalue weighted by Gasteiger charge is -2.18. The zero-order valence-electron chi connectivity index (χ0n) is 12.4. The van der Waals surface area contributed by atoms with Crippen molar-refractivity contribution in [2.45, 2.75) is 12.3 Å². The van der Waals surface area contributed by atoms with Crippen LogP contribution in [-0.2, 0) is 4.79 Å². The number of carbonyl (C=O) groups is 1. The Bertz CT molecular complexity index is 744. The first-order valence-corrected chi connectivity index (χ1v) is 8.46. The summed E-state index contributed by atoms with van der Waals surface area (Å²) in [6.45, 7) is 1.17. The van der Waals surface area contributed by atoms with Gasteiger partial charge in [0, 0.05) is 16.1 Å². The van der Waals surface area contributed by atoms with Crippen molar-refractivity contribution in [3.05, 3.63) is 52.5 Å². The first kappa shape index (κ1) is 14.6. The fraction of sp³-hybridized carbons (Fsp3) is 0.278. The summed E-state index contributed by atoms with van der Waals surface area (Å²) in [6.07, 6.45) is 0.877. The molecule has 2 aromatic rings. The van der Waals surface area contributed by atoms with E-state index in [1.807, 2.05) is 42.5 Å². The van der Waals surface area contributed by atoms with Gasteiger partial charge in [0.05, 0.1) is 0 Å². The smallest absolute Gasteiger partial charge is 0.228 e. The first-order valence-electron chi connectivity index (χ1n) is 7.67. The fourth-order valence-electron chi connectivity index (χ4n) is 2.91. The standard InChI is InChI=1S/C18H16BrNO3/c19-12-2-4-13(5-3-12)20-18(21)15-10-14(15)11-1-6-16-17(9-11)23-8-7-22-16/h1-6,9,14-15H,7-8,10H2,(H,20,21)/t14-,15-/m1/s1. The average molecular weight is 374 g/mol. The van der Waals surface area contributed by atoms with Crippen LogP contribution in [0.15, 0.2) is 46.9 Å². The molecule has 4 rings (SSSR count). The van der Waals surface area contributed by atoms with Gasteiger partial charge in [0.1, 0.15) is 13.2 Å². The van der Waals surface area contributed by atoms with Crippen LogP contribution in [0.2, 0.25) is 0 Å². The summed E-state index contributed by atoms with van der Waals surface area (Å²) in [6, 6.07) is 13.6. The third-order valence-electron chi connectivity index (χ3n) is 4.23. The van der Waals surface area contributed by atoms with E-state index < -0.39 is 0 Å². The van der Waals surface area contributed by atoms with E-state index in [9.17, 15) is 4.79 Å². The quantitative estimate of drug-likeness (QED) is 0.885. The monoisotopic (exact) mass is 373 g/mol. The Labute approximate surface area is 142 Å². The second-order valence-corrected chi connectivity index (χ2v) is 6.76. The lowest BCUT2D eigenvalue weighted by molar-refractivity contribution is -0.117. The van der Waals surface area contributed by atoms with Gasteiger partial charge in [0.2, 0.25) is 5.91 Å². The minimum Gasteiger partial charge on any atom is -0.486 e. The van der Waals surface area contributed by atoms with Gasteiger partial charge in [0.15, 0.2) is 11.5 Å². The van der Waals surface area contributed by atoms with Gasteiger partial charge in [-0.05, 0) is 54.3 Å². The number of benzene rings is 2. The van der Waals surface area contributed by atoms with Crippen LogP contribution in [0, 0.1) is 5.92 Å². The molecule has 0 aromatic heterocycles. The molecule has 1 fully saturated rings. The van der Waals surface area contributed by atoms with Crippen molar-refractivity contribution in [3.8, 4) is 11.5 Å². The second-order valence-electron chi connectivity index (χ2n) is 5.85. The van der Waals surface area contributed by atoms with Crippen LogP contribution in [0.4, 0.5) is 5.69 Å². The Morgan fingerprint density at radius 3 is 2.57 bits per heavy atom. The topological polar surface area (TPSA) is 47.6 Å². The molecule has 1 saturated carbocycles. The molecule has 0 bridgehead atoms. The number of ether oxygens (including phenoxy) is 2. The van der Waals surface area contributed by atoms with Crippen molar-refractivity contribution >= 4 is 27.5 Å². The van der Waals surface area contributed by atoms with E-state index in [1.54, 1.807) is 0 Å². The maximum absolute atomic E-state index is 12.4. The second kappa shape index (κ2) is 5.89. The Morgan fingerprint density at radius 1 is 1.04 bits per heavy atom. The molecule has 5 heteroatoms. The Kier molecular flexibility index (Phi) is 3.73. The number of hydrogen-bond acceptors (Lipinski definition) is 3. The van der Waals surface area contributed by atoms with Gasteiger partial charge in [-0.3, -0.25) is 4.79 Å². The summed E-state index contributed by atoms with van der Waals surface area (Å²) >= 11 is 3.39. The van der Waals surface area contributed by atoms with Crippen molar-refractivity contribution < 1.29 is 14.3 Å². The summed E-state index contributed by atoms with van der Waals surface area (Å²) in [5, 5.41) is 2.98. The molecule has 0 unspecified atom stereocenters. The highest BCUT2D eigenvalue weighted by Gasteiger charge is 2.44. The van der Waals surface area contributed by atoms with Crippen molar-refractivity contribution in [2.75, 3.05) is 18.5 Å². The number of nitrogens with one attached hydrogen (secondary N) is 1. The van der Waals surface area contributed by atoms with Crippen LogP contribution in [0.5, 0.6) is 11.5 Å². The highest BCUT2D eigenvalue weighted by Crippen LogP contribution is 2.49. The molecule has 23 heavy (non-hydrogen) atoms. The SMILES string of the molecule is O=C(Nc1ccc(Br)cc1)[C@@H]1C[C@@H]1c1ccc2c(c1)OCCO2. The molecule has 1 amide bonds. The molecule has 1 heterocycles. The summed E-state index contributed by atoms with van der Waals surface area (Å²) in [4.78, 5) is 12.4. The van der Waals surface area contributed by atoms with E-state index in [0.717, 1.165) is 33.6 Å². The summed E-state index contributed by atoms with van der Waals surface area (Å²) in [7, 11) is 0. The maximum atomic E-state index is 12.4. The van der Waals surface area contributed by atoms with Crippen molar-refractivity contribution in [2.24, 2.45) is 5.92 Å². The predicted octanol–water partition coefficient (Wildman–Crippen LogP) is 3.96. The molecule has 1 N–H and O–H groups in total. The van der Waals surface area contributed by atoms with E-state index in [0.29, 0.717) is 13.2 Å². The summed E-state index contributed by atoms with van der Waals surface area (Å²) in [5.41, 5.74) is 1.97. The molecule has 0 saturated heterocycles. The van der Waals surface area contributed by atoms with E-state index in [1.165, 1.54) is 0 Å². The van der Waals surface area contributed by atoms with E-state index >= 15 is 0 Å². The zero-order valence-corrected chi connectivity index (χ0v) is 14.0. The molecular weight excluding hydrogens is 358 g/mol. The fourth-order valence-corrected chi connectivity index (χ4v) is 3.18. The van der Waals surface area contributed by atoms with Crippen molar-refractivity contribution in [1.29, 1.82) is 0 Å². The van der Waals surface area contributed by atoms with Gasteiger partial charge in [0.25, 0.3) is 0 Å². The Balaban J connectivity index is 1.43. The molecule has 2 aliphatic rings. The molecule has 2 atom stereocenters. The van der Waals surface area contributed by atoms with Crippen LogP contribution >= 0.6 is 15.9 Å². The number of rotatable bonds is 3. The molecule has 0 radical (unpaired) electrons. The Hall–Kier alpha value is -2.01. The van der Waals surface area contributed by atoms with E-state index in [4.69, 9.17) is 9.47 Å². The van der Waals surface area contributed by atoms with Crippen LogP contribution < -0.4 is 14.8 Å². The Morgan fingerprint density at radius 2 is 1.78 bits per heavy atom. The van der Waals surface area contributed by atoms with Crippen LogP contribution in [-0.4, -0.2) is 19.1 Å². The third-order valence-corrected chi connectivity index (χ3v) is 4.76. The van der Waals surface area contributed by atoms with Crippen molar-refractivity contribution in [3.63, 3.8) is 0 Å².